The van der Waals surface area contributed by atoms with Crippen molar-refractivity contribution in [3.63, 3.8) is 0 Å². The molecule has 0 aliphatic carbocycles. The Balaban J connectivity index is 2.53. The number of hydrogen-bond donors (Lipinski definition) is 0. The Morgan fingerprint density at radius 1 is 1.26 bits per heavy atom. The first kappa shape index (κ1) is 14.3. The minimum absolute atomic E-state index is 0.287. The molecule has 0 bridgehead atoms. The third-order valence-electron chi connectivity index (χ3n) is 2.52. The summed E-state index contributed by atoms with van der Waals surface area (Å²) < 4.78 is 39.1. The molecule has 0 fully saturated rings. The first-order chi connectivity index (χ1) is 8.79. The first-order valence-corrected chi connectivity index (χ1v) is 6.93. The van der Waals surface area contributed by atoms with Gasteiger partial charge in [0.2, 0.25) is 0 Å². The van der Waals surface area contributed by atoms with Gasteiger partial charge < -0.3 is 0 Å². The van der Waals surface area contributed by atoms with E-state index in [0.717, 1.165) is 10.9 Å². The number of aryl methyl sites for hydroxylation is 1. The third kappa shape index (κ3) is 3.06. The van der Waals surface area contributed by atoms with Crippen molar-refractivity contribution in [3.05, 3.63) is 55.7 Å². The molecule has 1 aromatic heterocycles. The number of hydrogen-bond acceptors (Lipinski definition) is 2. The van der Waals surface area contributed by atoms with Crippen LogP contribution in [0.15, 0.2) is 34.1 Å². The van der Waals surface area contributed by atoms with E-state index in [4.69, 9.17) is 0 Å². The number of thiophene rings is 1. The molecule has 2 aromatic rings. The molecule has 0 aliphatic rings. The molecular weight excluding hydrogens is 341 g/mol. The van der Waals surface area contributed by atoms with Crippen LogP contribution in [0, 0.1) is 6.92 Å². The zero-order chi connectivity index (χ0) is 14.2. The van der Waals surface area contributed by atoms with E-state index in [0.29, 0.717) is 0 Å². The van der Waals surface area contributed by atoms with Crippen molar-refractivity contribution in [3.8, 4) is 0 Å². The highest BCUT2D eigenvalue weighted by Gasteiger charge is 2.35. The lowest BCUT2D eigenvalue weighted by Gasteiger charge is -2.12. The van der Waals surface area contributed by atoms with Crippen LogP contribution in [0.3, 0.4) is 0 Å². The van der Waals surface area contributed by atoms with Crippen molar-refractivity contribution in [2.75, 3.05) is 0 Å². The summed E-state index contributed by atoms with van der Waals surface area (Å²) in [6.45, 7) is 1.80. The van der Waals surface area contributed by atoms with Gasteiger partial charge in [0, 0.05) is 25.9 Å². The topological polar surface area (TPSA) is 17.1 Å². The lowest BCUT2D eigenvalue weighted by Crippen LogP contribution is -2.13. The quantitative estimate of drug-likeness (QED) is 0.692. The molecule has 0 saturated carbocycles. The third-order valence-corrected chi connectivity index (χ3v) is 3.88. The van der Waals surface area contributed by atoms with E-state index in [1.807, 2.05) is 0 Å². The van der Waals surface area contributed by atoms with Crippen molar-refractivity contribution >= 4 is 33.0 Å². The molecule has 100 valence electrons. The SMILES string of the molecule is Cc1cc(C(=O)c2ccc(Br)cc2C(F)(F)F)cs1. The van der Waals surface area contributed by atoms with Gasteiger partial charge in [-0.3, -0.25) is 4.79 Å². The number of carbonyl (C=O) groups excluding carboxylic acids is 1. The molecule has 2 rings (SSSR count). The van der Waals surface area contributed by atoms with Gasteiger partial charge in [-0.25, -0.2) is 0 Å². The Bertz CT molecular complexity index is 631. The second kappa shape index (κ2) is 5.09. The predicted octanol–water partition coefficient (Wildman–Crippen LogP) is 5.07. The Morgan fingerprint density at radius 3 is 2.47 bits per heavy atom. The molecule has 0 unspecified atom stereocenters. The number of ketones is 1. The van der Waals surface area contributed by atoms with Crippen LogP contribution in [0.1, 0.15) is 26.4 Å². The van der Waals surface area contributed by atoms with Crippen LogP contribution in [-0.2, 0) is 6.18 Å². The van der Waals surface area contributed by atoms with Crippen LogP contribution in [0.2, 0.25) is 0 Å². The summed E-state index contributed by atoms with van der Waals surface area (Å²) in [5.41, 5.74) is -0.959. The molecule has 0 aliphatic heterocycles. The maximum Gasteiger partial charge on any atom is 0.417 e. The van der Waals surface area contributed by atoms with Crippen LogP contribution in [0.25, 0.3) is 0 Å². The molecule has 6 heteroatoms. The molecule has 19 heavy (non-hydrogen) atoms. The highest BCUT2D eigenvalue weighted by molar-refractivity contribution is 9.10. The lowest BCUT2D eigenvalue weighted by atomic mass is 9.99. The summed E-state index contributed by atoms with van der Waals surface area (Å²) in [5.74, 6) is -0.607. The van der Waals surface area contributed by atoms with Crippen LogP contribution in [-0.4, -0.2) is 5.78 Å². The van der Waals surface area contributed by atoms with Crippen molar-refractivity contribution in [2.24, 2.45) is 0 Å². The predicted molar refractivity (Wildman–Crippen MR) is 71.6 cm³/mol. The molecule has 1 nitrogen and oxygen atoms in total. The molecular formula is C13H8BrF3OS. The highest BCUT2D eigenvalue weighted by atomic mass is 79.9. The van der Waals surface area contributed by atoms with Gasteiger partial charge in [0.15, 0.2) is 5.78 Å². The highest BCUT2D eigenvalue weighted by Crippen LogP contribution is 2.35. The van der Waals surface area contributed by atoms with Crippen molar-refractivity contribution in [1.29, 1.82) is 0 Å². The number of alkyl halides is 3. The van der Waals surface area contributed by atoms with Gasteiger partial charge >= 0.3 is 6.18 Å². The fraction of sp³-hybridized carbons (Fsp3) is 0.154. The summed E-state index contributed by atoms with van der Waals surface area (Å²) in [4.78, 5) is 13.0. The molecule has 0 amide bonds. The normalized spacial score (nSPS) is 11.6. The first-order valence-electron chi connectivity index (χ1n) is 5.25. The standard InChI is InChI=1S/C13H8BrF3OS/c1-7-4-8(6-19-7)12(18)10-3-2-9(14)5-11(10)13(15,16)17/h2-6H,1H3. The van der Waals surface area contributed by atoms with Gasteiger partial charge in [0.1, 0.15) is 0 Å². The number of benzene rings is 1. The van der Waals surface area contributed by atoms with Crippen LogP contribution in [0.4, 0.5) is 13.2 Å². The van der Waals surface area contributed by atoms with Gasteiger partial charge in [-0.1, -0.05) is 15.9 Å². The average molecular weight is 349 g/mol. The van der Waals surface area contributed by atoms with Crippen molar-refractivity contribution in [2.45, 2.75) is 13.1 Å². The van der Waals surface area contributed by atoms with Crippen LogP contribution in [0.5, 0.6) is 0 Å². The summed E-state index contributed by atoms with van der Waals surface area (Å²) in [6, 6.07) is 5.14. The van der Waals surface area contributed by atoms with Gasteiger partial charge in [0.25, 0.3) is 0 Å². The Hall–Kier alpha value is -1.14. The molecule has 1 aromatic carbocycles. The largest absolute Gasteiger partial charge is 0.417 e. The number of halogens is 4. The summed E-state index contributed by atoms with van der Waals surface area (Å²) >= 11 is 4.32. The maximum absolute atomic E-state index is 12.9. The smallest absolute Gasteiger partial charge is 0.289 e. The van der Waals surface area contributed by atoms with E-state index >= 15 is 0 Å². The van der Waals surface area contributed by atoms with E-state index < -0.39 is 17.5 Å². The fourth-order valence-corrected chi connectivity index (χ4v) is 2.71. The van der Waals surface area contributed by atoms with Crippen molar-refractivity contribution < 1.29 is 18.0 Å². The van der Waals surface area contributed by atoms with Gasteiger partial charge in [0.05, 0.1) is 5.56 Å². The van der Waals surface area contributed by atoms with E-state index in [1.54, 1.807) is 18.4 Å². The van der Waals surface area contributed by atoms with Crippen LogP contribution >= 0.6 is 27.3 Å². The second-order valence-corrected chi connectivity index (χ2v) is 5.99. The Kier molecular flexibility index (Phi) is 3.82. The number of carbonyl (C=O) groups is 1. The van der Waals surface area contributed by atoms with Gasteiger partial charge in [-0.2, -0.15) is 13.2 Å². The second-order valence-electron chi connectivity index (χ2n) is 3.96. The van der Waals surface area contributed by atoms with E-state index in [1.165, 1.54) is 23.5 Å². The van der Waals surface area contributed by atoms with E-state index in [-0.39, 0.29) is 15.6 Å². The summed E-state index contributed by atoms with van der Waals surface area (Å²) in [7, 11) is 0. The molecule has 0 spiro atoms. The van der Waals surface area contributed by atoms with Crippen molar-refractivity contribution in [1.82, 2.24) is 0 Å². The van der Waals surface area contributed by atoms with Gasteiger partial charge in [-0.05, 0) is 31.2 Å². The molecule has 0 radical (unpaired) electrons. The minimum atomic E-state index is -4.56. The van der Waals surface area contributed by atoms with Crippen LogP contribution < -0.4 is 0 Å². The zero-order valence-corrected chi connectivity index (χ0v) is 12.1. The monoisotopic (exact) mass is 348 g/mol. The fourth-order valence-electron chi connectivity index (χ4n) is 1.67. The lowest BCUT2D eigenvalue weighted by molar-refractivity contribution is -0.137. The molecule has 0 atom stereocenters. The van der Waals surface area contributed by atoms with Gasteiger partial charge in [-0.15, -0.1) is 11.3 Å². The molecule has 0 saturated heterocycles. The zero-order valence-electron chi connectivity index (χ0n) is 9.72. The summed E-state index contributed by atoms with van der Waals surface area (Å²) in [5, 5.41) is 1.57. The minimum Gasteiger partial charge on any atom is -0.289 e. The van der Waals surface area contributed by atoms with E-state index in [9.17, 15) is 18.0 Å². The maximum atomic E-state index is 12.9. The number of rotatable bonds is 2. The Morgan fingerprint density at radius 2 is 1.95 bits per heavy atom. The molecule has 0 N–H and O–H groups in total. The van der Waals surface area contributed by atoms with E-state index in [2.05, 4.69) is 15.9 Å². The average Bonchev–Trinajstić information content (AvgIpc) is 2.74. The summed E-state index contributed by atoms with van der Waals surface area (Å²) in [6.07, 6.45) is -4.56. The molecule has 1 heterocycles. The Labute approximate surface area is 120 Å².